The third kappa shape index (κ3) is 12.0. The van der Waals surface area contributed by atoms with E-state index in [1.54, 1.807) is 44.9 Å². The summed E-state index contributed by atoms with van der Waals surface area (Å²) in [5.41, 5.74) is 0.712. The van der Waals surface area contributed by atoms with Crippen molar-refractivity contribution < 1.29 is 33.8 Å². The predicted octanol–water partition coefficient (Wildman–Crippen LogP) is 4.26. The number of nitrogens with one attached hydrogen (secondary N) is 2. The number of nitrogens with zero attached hydrogens (tertiary/aromatic N) is 3. The summed E-state index contributed by atoms with van der Waals surface area (Å²) in [5.74, 6) is -1.49. The second-order valence-electron chi connectivity index (χ2n) is 15.8. The van der Waals surface area contributed by atoms with Crippen LogP contribution >= 0.6 is 0 Å². The zero-order valence-electron chi connectivity index (χ0n) is 34.8. The maximum Gasteiger partial charge on any atom is 0.245 e. The Kier molecular flexibility index (Phi) is 18.9. The van der Waals surface area contributed by atoms with Crippen LogP contribution in [-0.4, -0.2) is 128 Å². The van der Waals surface area contributed by atoms with Gasteiger partial charge in [0.1, 0.15) is 6.04 Å². The first kappa shape index (κ1) is 46.1. The van der Waals surface area contributed by atoms with Crippen LogP contribution in [-0.2, 0) is 28.7 Å². The Morgan fingerprint density at radius 1 is 0.887 bits per heavy atom. The van der Waals surface area contributed by atoms with Crippen molar-refractivity contribution in [1.82, 2.24) is 25.3 Å². The second-order valence-corrected chi connectivity index (χ2v) is 15.8. The molecule has 12 heteroatoms. The quantitative estimate of drug-likeness (QED) is 0.170. The number of hydrogen-bond donors (Lipinski definition) is 3. The lowest BCUT2D eigenvalue weighted by atomic mass is 9.89. The predicted molar refractivity (Wildman–Crippen MR) is 209 cm³/mol. The van der Waals surface area contributed by atoms with Crippen LogP contribution in [0.15, 0.2) is 30.3 Å². The highest BCUT2D eigenvalue weighted by atomic mass is 16.5. The molecule has 10 unspecified atom stereocenters. The monoisotopic (exact) mass is 746 g/mol. The van der Waals surface area contributed by atoms with Gasteiger partial charge in [-0.15, -0.1) is 0 Å². The minimum absolute atomic E-state index is 0.0158. The SMILES string of the molecule is CCC(C)C(C(=O)N[C@H](C(=O)N(C)C(C(C)CC)C(CC(=O)N1CCCC1C(OC)C(C)C(=O)NC(C)C(O)c1ccccc1)OC)C(C)C)N(C)C. The summed E-state index contributed by atoms with van der Waals surface area (Å²) in [6.07, 6.45) is 0.972. The molecular weight excluding hydrogens is 674 g/mol. The van der Waals surface area contributed by atoms with Gasteiger partial charge in [0.2, 0.25) is 23.6 Å². The largest absolute Gasteiger partial charge is 0.386 e. The average molecular weight is 746 g/mol. The number of rotatable bonds is 21. The fraction of sp³-hybridized carbons (Fsp3) is 0.756. The van der Waals surface area contributed by atoms with Gasteiger partial charge in [-0.1, -0.05) is 91.6 Å². The topological polar surface area (TPSA) is 141 Å². The van der Waals surface area contributed by atoms with Gasteiger partial charge in [-0.3, -0.25) is 24.1 Å². The van der Waals surface area contributed by atoms with E-state index in [-0.39, 0.29) is 59.9 Å². The standard InChI is InChI=1S/C41H71N5O7/c1-14-26(5)35(45(11)41(51)34(25(3)4)43-40(50)36(44(9)10)27(6)15-2)32(52-12)24-33(47)46-23-19-22-31(46)38(53-13)28(7)39(49)42-29(8)37(48)30-20-17-16-18-21-30/h16-18,20-21,25-29,31-32,34-38,48H,14-15,19,22-24H2,1-13H3,(H,42,49)(H,43,50)/t26?,27?,28?,29?,31?,32?,34-,35?,36?,37?,38?/m0/s1. The van der Waals surface area contributed by atoms with Gasteiger partial charge in [0.15, 0.2) is 0 Å². The smallest absolute Gasteiger partial charge is 0.245 e. The molecule has 1 aromatic rings. The van der Waals surface area contributed by atoms with Crippen LogP contribution in [0.4, 0.5) is 0 Å². The fourth-order valence-electron chi connectivity index (χ4n) is 7.88. The zero-order valence-corrected chi connectivity index (χ0v) is 34.8. The molecule has 3 N–H and O–H groups in total. The van der Waals surface area contributed by atoms with Gasteiger partial charge in [-0.2, -0.15) is 0 Å². The van der Waals surface area contributed by atoms with Gasteiger partial charge in [-0.05, 0) is 57.2 Å². The van der Waals surface area contributed by atoms with Crippen LogP contribution in [0.2, 0.25) is 0 Å². The van der Waals surface area contributed by atoms with Crippen LogP contribution in [0.5, 0.6) is 0 Å². The lowest BCUT2D eigenvalue weighted by Crippen LogP contribution is -2.60. The Morgan fingerprint density at radius 2 is 1.49 bits per heavy atom. The normalized spacial score (nSPS) is 20.5. The highest BCUT2D eigenvalue weighted by molar-refractivity contribution is 5.90. The molecule has 0 radical (unpaired) electrons. The molecule has 11 atom stereocenters. The third-order valence-corrected chi connectivity index (χ3v) is 11.5. The van der Waals surface area contributed by atoms with E-state index < -0.39 is 42.4 Å². The molecule has 1 saturated heterocycles. The van der Waals surface area contributed by atoms with Crippen molar-refractivity contribution >= 4 is 23.6 Å². The highest BCUT2D eigenvalue weighted by Crippen LogP contribution is 2.30. The molecule has 1 aromatic carbocycles. The van der Waals surface area contributed by atoms with Crippen LogP contribution in [0.3, 0.4) is 0 Å². The van der Waals surface area contributed by atoms with Crippen molar-refractivity contribution in [3.8, 4) is 0 Å². The van der Waals surface area contributed by atoms with Crippen molar-refractivity contribution in [2.45, 2.75) is 136 Å². The molecule has 0 bridgehead atoms. The highest BCUT2D eigenvalue weighted by Gasteiger charge is 2.43. The van der Waals surface area contributed by atoms with E-state index in [1.807, 2.05) is 83.9 Å². The van der Waals surface area contributed by atoms with E-state index >= 15 is 0 Å². The van der Waals surface area contributed by atoms with Crippen molar-refractivity contribution in [2.24, 2.45) is 23.7 Å². The molecule has 0 aliphatic carbocycles. The number of ether oxygens (including phenoxy) is 2. The number of likely N-dealkylation sites (N-methyl/N-ethyl adjacent to an activating group) is 2. The maximum absolute atomic E-state index is 14.3. The molecule has 1 aliphatic heterocycles. The van der Waals surface area contributed by atoms with Gasteiger partial charge in [0.25, 0.3) is 0 Å². The third-order valence-electron chi connectivity index (χ3n) is 11.5. The fourth-order valence-corrected chi connectivity index (χ4v) is 7.88. The average Bonchev–Trinajstić information content (AvgIpc) is 3.62. The minimum atomic E-state index is -0.876. The molecule has 0 spiro atoms. The number of carbonyl (C=O) groups is 4. The van der Waals surface area contributed by atoms with E-state index in [1.165, 1.54) is 0 Å². The van der Waals surface area contributed by atoms with Crippen molar-refractivity contribution in [1.29, 1.82) is 0 Å². The molecule has 1 heterocycles. The molecule has 12 nitrogen and oxygen atoms in total. The lowest BCUT2D eigenvalue weighted by molar-refractivity contribution is -0.148. The van der Waals surface area contributed by atoms with Gasteiger partial charge in [-0.25, -0.2) is 0 Å². The Balaban J connectivity index is 2.26. The molecule has 302 valence electrons. The molecule has 4 amide bonds. The number of carbonyl (C=O) groups excluding carboxylic acids is 4. The Bertz CT molecular complexity index is 1300. The Labute approximate surface area is 319 Å². The molecule has 1 fully saturated rings. The van der Waals surface area contributed by atoms with Crippen molar-refractivity contribution in [3.05, 3.63) is 35.9 Å². The molecule has 0 aromatic heterocycles. The van der Waals surface area contributed by atoms with E-state index in [9.17, 15) is 24.3 Å². The first-order valence-corrected chi connectivity index (χ1v) is 19.6. The van der Waals surface area contributed by atoms with Crippen LogP contribution < -0.4 is 10.6 Å². The molecule has 53 heavy (non-hydrogen) atoms. The summed E-state index contributed by atoms with van der Waals surface area (Å²) in [6.45, 7) is 16.1. The summed E-state index contributed by atoms with van der Waals surface area (Å²) >= 11 is 0. The summed E-state index contributed by atoms with van der Waals surface area (Å²) in [6, 6.07) is 6.74. The Morgan fingerprint density at radius 3 is 2.00 bits per heavy atom. The van der Waals surface area contributed by atoms with E-state index in [0.29, 0.717) is 18.5 Å². The molecule has 1 aliphatic rings. The summed E-state index contributed by atoms with van der Waals surface area (Å²) < 4.78 is 12.0. The number of likely N-dealkylation sites (tertiary alicyclic amines) is 1. The van der Waals surface area contributed by atoms with Crippen molar-refractivity contribution in [2.75, 3.05) is 41.9 Å². The number of benzene rings is 1. The van der Waals surface area contributed by atoms with E-state index in [0.717, 1.165) is 19.3 Å². The molecule has 2 rings (SSSR count). The van der Waals surface area contributed by atoms with E-state index in [2.05, 4.69) is 17.6 Å². The number of aliphatic hydroxyl groups excluding tert-OH is 1. The molecule has 0 saturated carbocycles. The van der Waals surface area contributed by atoms with E-state index in [4.69, 9.17) is 9.47 Å². The summed E-state index contributed by atoms with van der Waals surface area (Å²) in [7, 11) is 8.62. The van der Waals surface area contributed by atoms with Crippen LogP contribution in [0.25, 0.3) is 0 Å². The van der Waals surface area contributed by atoms with Gasteiger partial charge in [0, 0.05) is 27.8 Å². The maximum atomic E-state index is 14.3. The van der Waals surface area contributed by atoms with Crippen LogP contribution in [0, 0.1) is 23.7 Å². The summed E-state index contributed by atoms with van der Waals surface area (Å²) in [5, 5.41) is 16.9. The minimum Gasteiger partial charge on any atom is -0.386 e. The number of methoxy groups -OCH3 is 2. The number of aliphatic hydroxyl groups is 1. The second kappa shape index (κ2) is 21.7. The molecular formula is C41H71N5O7. The van der Waals surface area contributed by atoms with Gasteiger partial charge >= 0.3 is 0 Å². The van der Waals surface area contributed by atoms with Crippen LogP contribution in [0.1, 0.15) is 99.2 Å². The lowest BCUT2D eigenvalue weighted by Gasteiger charge is -2.41. The number of amides is 4. The summed E-state index contributed by atoms with van der Waals surface area (Å²) in [4.78, 5) is 60.9. The van der Waals surface area contributed by atoms with Gasteiger partial charge < -0.3 is 35.0 Å². The number of hydrogen-bond acceptors (Lipinski definition) is 8. The zero-order chi connectivity index (χ0) is 40.2. The van der Waals surface area contributed by atoms with Gasteiger partial charge in [0.05, 0.1) is 54.8 Å². The first-order chi connectivity index (χ1) is 25.0. The van der Waals surface area contributed by atoms with Crippen molar-refractivity contribution in [3.63, 3.8) is 0 Å². The Hall–Kier alpha value is -3.06. The first-order valence-electron chi connectivity index (χ1n) is 19.6.